The Bertz CT molecular complexity index is 435. The molecule has 0 heterocycles. The molecule has 0 radical (unpaired) electrons. The van der Waals surface area contributed by atoms with Crippen LogP contribution in [-0.4, -0.2) is 44.7 Å². The third-order valence-corrected chi connectivity index (χ3v) is 2.04. The Balaban J connectivity index is 2.51. The van der Waals surface area contributed by atoms with E-state index >= 15 is 0 Å². The number of benzene rings is 1. The van der Waals surface area contributed by atoms with Crippen molar-refractivity contribution < 1.29 is 28.7 Å². The molecule has 0 aromatic heterocycles. The van der Waals surface area contributed by atoms with Crippen molar-refractivity contribution in [2.45, 2.75) is 0 Å². The Morgan fingerprint density at radius 1 is 1.26 bits per heavy atom. The van der Waals surface area contributed by atoms with E-state index in [0.29, 0.717) is 5.75 Å². The van der Waals surface area contributed by atoms with Gasteiger partial charge in [-0.05, 0) is 31.3 Å². The van der Waals surface area contributed by atoms with E-state index in [4.69, 9.17) is 9.47 Å². The van der Waals surface area contributed by atoms with Gasteiger partial charge in [0.2, 0.25) is 0 Å². The van der Waals surface area contributed by atoms with Crippen molar-refractivity contribution in [2.75, 3.05) is 20.7 Å². The Kier molecular flexibility index (Phi) is 5.84. The maximum Gasteiger partial charge on any atom is 0.649 e. The molecule has 1 aromatic carbocycles. The van der Waals surface area contributed by atoms with E-state index in [0.717, 1.165) is 0 Å². The molecular formula is C11H14BNO6. The van der Waals surface area contributed by atoms with E-state index in [1.807, 2.05) is 0 Å². The number of hydrogen-bond donors (Lipinski definition) is 2. The van der Waals surface area contributed by atoms with Crippen LogP contribution in [0.5, 0.6) is 11.5 Å². The first kappa shape index (κ1) is 15.0. The number of hydrogen-bond acceptors (Lipinski definition) is 7. The molecule has 19 heavy (non-hydrogen) atoms. The standard InChI is InChI=1S/C11H14BNO6/c1-13-7-10(14)19-12(16)11(15)18-9-5-3-8(17-2)4-6-9/h3-6,13,16H,7H2,1-2H3. The van der Waals surface area contributed by atoms with Crippen molar-refractivity contribution in [2.24, 2.45) is 0 Å². The summed E-state index contributed by atoms with van der Waals surface area (Å²) in [6, 6.07) is 6.14. The third-order valence-electron chi connectivity index (χ3n) is 2.04. The summed E-state index contributed by atoms with van der Waals surface area (Å²) in [7, 11) is 1.08. The molecule has 1 rings (SSSR count). The second kappa shape index (κ2) is 7.40. The Morgan fingerprint density at radius 2 is 1.84 bits per heavy atom. The van der Waals surface area contributed by atoms with Gasteiger partial charge in [0.05, 0.1) is 13.7 Å². The molecule has 7 nitrogen and oxygen atoms in total. The zero-order valence-electron chi connectivity index (χ0n) is 10.6. The molecule has 2 N–H and O–H groups in total. The number of carbonyl (C=O) groups is 2. The SMILES string of the molecule is CNCC(=O)OB(O)C(=O)Oc1ccc(OC)cc1. The van der Waals surface area contributed by atoms with Gasteiger partial charge in [-0.15, -0.1) is 0 Å². The number of carbonyl (C=O) groups excluding carboxylic acids is 2. The molecule has 0 spiro atoms. The van der Waals surface area contributed by atoms with Gasteiger partial charge in [-0.1, -0.05) is 0 Å². The first-order chi connectivity index (χ1) is 9.06. The lowest BCUT2D eigenvalue weighted by atomic mass is 9.92. The van der Waals surface area contributed by atoms with Crippen molar-refractivity contribution in [3.63, 3.8) is 0 Å². The van der Waals surface area contributed by atoms with Crippen LogP contribution in [0.15, 0.2) is 24.3 Å². The summed E-state index contributed by atoms with van der Waals surface area (Å²) < 4.78 is 14.2. The Labute approximate surface area is 110 Å². The zero-order valence-corrected chi connectivity index (χ0v) is 10.6. The Morgan fingerprint density at radius 3 is 2.37 bits per heavy atom. The van der Waals surface area contributed by atoms with Gasteiger partial charge in [0, 0.05) is 0 Å². The average Bonchev–Trinajstić information content (AvgIpc) is 2.39. The minimum atomic E-state index is -1.96. The van der Waals surface area contributed by atoms with Crippen molar-refractivity contribution in [1.29, 1.82) is 0 Å². The van der Waals surface area contributed by atoms with E-state index in [1.54, 1.807) is 12.1 Å². The smallest absolute Gasteiger partial charge is 0.501 e. The number of methoxy groups -OCH3 is 1. The maximum absolute atomic E-state index is 11.4. The highest BCUT2D eigenvalue weighted by Crippen LogP contribution is 2.17. The van der Waals surface area contributed by atoms with Crippen LogP contribution >= 0.6 is 0 Å². The lowest BCUT2D eigenvalue weighted by molar-refractivity contribution is -0.134. The van der Waals surface area contributed by atoms with Crippen LogP contribution in [0.25, 0.3) is 0 Å². The van der Waals surface area contributed by atoms with E-state index in [2.05, 4.69) is 9.97 Å². The summed E-state index contributed by atoms with van der Waals surface area (Å²) >= 11 is 0. The van der Waals surface area contributed by atoms with E-state index in [1.165, 1.54) is 26.3 Å². The highest BCUT2D eigenvalue weighted by Gasteiger charge is 2.31. The third kappa shape index (κ3) is 4.98. The predicted molar refractivity (Wildman–Crippen MR) is 67.0 cm³/mol. The highest BCUT2D eigenvalue weighted by molar-refractivity contribution is 6.79. The second-order valence-corrected chi connectivity index (χ2v) is 3.47. The van der Waals surface area contributed by atoms with Crippen LogP contribution < -0.4 is 14.8 Å². The van der Waals surface area contributed by atoms with Crippen molar-refractivity contribution >= 4 is 19.0 Å². The van der Waals surface area contributed by atoms with Crippen LogP contribution in [0, 0.1) is 0 Å². The fourth-order valence-corrected chi connectivity index (χ4v) is 1.17. The summed E-state index contributed by atoms with van der Waals surface area (Å²) in [5.41, 5.74) is 0. The quantitative estimate of drug-likeness (QED) is 0.701. The molecule has 0 atom stereocenters. The molecule has 0 aliphatic rings. The van der Waals surface area contributed by atoms with Crippen molar-refractivity contribution in [3.05, 3.63) is 24.3 Å². The summed E-state index contributed by atoms with van der Waals surface area (Å²) in [6.07, 6.45) is 0. The van der Waals surface area contributed by atoms with Gasteiger partial charge in [0.1, 0.15) is 11.5 Å². The van der Waals surface area contributed by atoms with Gasteiger partial charge >= 0.3 is 19.0 Å². The lowest BCUT2D eigenvalue weighted by Crippen LogP contribution is -2.37. The van der Waals surface area contributed by atoms with Gasteiger partial charge in [0.15, 0.2) is 0 Å². The molecule has 0 saturated heterocycles. The summed E-state index contributed by atoms with van der Waals surface area (Å²) in [6.45, 7) is -0.118. The molecule has 0 aliphatic carbocycles. The highest BCUT2D eigenvalue weighted by atomic mass is 16.6. The molecule has 0 fully saturated rings. The molecule has 0 aliphatic heterocycles. The molecule has 102 valence electrons. The summed E-state index contributed by atoms with van der Waals surface area (Å²) in [5.74, 6) is -1.04. The van der Waals surface area contributed by atoms with E-state index in [9.17, 15) is 14.6 Å². The van der Waals surface area contributed by atoms with Crippen LogP contribution in [0.3, 0.4) is 0 Å². The number of ether oxygens (including phenoxy) is 2. The van der Waals surface area contributed by atoms with Crippen LogP contribution in [0.1, 0.15) is 0 Å². The first-order valence-corrected chi connectivity index (χ1v) is 5.44. The summed E-state index contributed by atoms with van der Waals surface area (Å²) in [4.78, 5) is 22.4. The molecule has 0 saturated carbocycles. The van der Waals surface area contributed by atoms with Crippen molar-refractivity contribution in [3.8, 4) is 11.5 Å². The van der Waals surface area contributed by atoms with E-state index < -0.39 is 19.0 Å². The van der Waals surface area contributed by atoms with Gasteiger partial charge in [0.25, 0.3) is 0 Å². The van der Waals surface area contributed by atoms with Gasteiger partial charge in [-0.3, -0.25) is 9.59 Å². The van der Waals surface area contributed by atoms with Gasteiger partial charge in [-0.2, -0.15) is 0 Å². The molecule has 0 amide bonds. The summed E-state index contributed by atoms with van der Waals surface area (Å²) in [5, 5.41) is 11.8. The second-order valence-electron chi connectivity index (χ2n) is 3.47. The van der Waals surface area contributed by atoms with Crippen LogP contribution in [0.4, 0.5) is 4.79 Å². The zero-order chi connectivity index (χ0) is 14.3. The number of likely N-dealkylation sites (N-methyl/N-ethyl adjacent to an activating group) is 1. The Hall–Kier alpha value is -2.06. The molecule has 1 aromatic rings. The lowest BCUT2D eigenvalue weighted by Gasteiger charge is -2.08. The van der Waals surface area contributed by atoms with Crippen molar-refractivity contribution in [1.82, 2.24) is 5.32 Å². The normalized spacial score (nSPS) is 9.63. The van der Waals surface area contributed by atoms with Crippen LogP contribution in [-0.2, 0) is 9.45 Å². The van der Waals surface area contributed by atoms with Gasteiger partial charge < -0.3 is 24.5 Å². The van der Waals surface area contributed by atoms with Crippen LogP contribution in [0.2, 0.25) is 0 Å². The molecule has 0 unspecified atom stereocenters. The fraction of sp³-hybridized carbons (Fsp3) is 0.273. The number of rotatable bonds is 6. The molecule has 8 heteroatoms. The topological polar surface area (TPSA) is 94.1 Å². The monoisotopic (exact) mass is 267 g/mol. The average molecular weight is 267 g/mol. The minimum Gasteiger partial charge on any atom is -0.501 e. The number of nitrogens with one attached hydrogen (secondary N) is 1. The predicted octanol–water partition coefficient (Wildman–Crippen LogP) is 0.0188. The van der Waals surface area contributed by atoms with E-state index in [-0.39, 0.29) is 12.3 Å². The maximum atomic E-state index is 11.4. The van der Waals surface area contributed by atoms with Gasteiger partial charge in [-0.25, -0.2) is 0 Å². The fourth-order valence-electron chi connectivity index (χ4n) is 1.17. The minimum absolute atomic E-state index is 0.118. The molecular weight excluding hydrogens is 253 g/mol. The largest absolute Gasteiger partial charge is 0.649 e. The first-order valence-electron chi connectivity index (χ1n) is 5.44. The molecule has 0 bridgehead atoms.